The van der Waals surface area contributed by atoms with E-state index in [4.69, 9.17) is 9.47 Å². The van der Waals surface area contributed by atoms with Crippen LogP contribution in [-0.4, -0.2) is 33.9 Å². The summed E-state index contributed by atoms with van der Waals surface area (Å²) in [5.41, 5.74) is 2.34. The van der Waals surface area contributed by atoms with E-state index in [1.807, 2.05) is 48.2 Å². The molecule has 0 aromatic heterocycles. The molecule has 1 aliphatic carbocycles. The van der Waals surface area contributed by atoms with E-state index in [1.54, 1.807) is 0 Å². The van der Waals surface area contributed by atoms with Crippen molar-refractivity contribution in [1.29, 1.82) is 0 Å². The maximum Gasteiger partial charge on any atom is 0.102 e. The lowest BCUT2D eigenvalue weighted by molar-refractivity contribution is -0.0832. The molecule has 0 bridgehead atoms. The minimum Gasteiger partial charge on any atom is -0.389 e. The molecule has 1 aliphatic heterocycles. The molecule has 1 N–H and O–H groups in total. The highest BCUT2D eigenvalue weighted by Gasteiger charge is 2.57. The summed E-state index contributed by atoms with van der Waals surface area (Å²) in [5, 5.41) is 10.6. The molecular weight excluding hydrogens is 344 g/mol. The topological polar surface area (TPSA) is 38.7 Å². The van der Waals surface area contributed by atoms with Gasteiger partial charge < -0.3 is 14.6 Å². The van der Waals surface area contributed by atoms with Gasteiger partial charge in [-0.3, -0.25) is 0 Å². The minimum absolute atomic E-state index is 0.122. The fraction of sp³-hybridized carbons (Fsp3) is 0.455. The number of ether oxygens (including phenoxy) is 2. The second kappa shape index (κ2) is 8.13. The Kier molecular flexibility index (Phi) is 5.65. The van der Waals surface area contributed by atoms with Crippen LogP contribution in [0.2, 0.25) is 0 Å². The average molecular weight is 371 g/mol. The Balaban J connectivity index is 1.45. The molecular formula is C22H26O3S. The zero-order chi connectivity index (χ0) is 17.8. The van der Waals surface area contributed by atoms with Crippen molar-refractivity contribution in [3.8, 4) is 0 Å². The summed E-state index contributed by atoms with van der Waals surface area (Å²) in [7, 11) is 0. The number of aliphatic hydroxyl groups is 1. The van der Waals surface area contributed by atoms with Crippen molar-refractivity contribution in [2.75, 3.05) is 5.75 Å². The normalized spacial score (nSPS) is 30.9. The van der Waals surface area contributed by atoms with E-state index >= 15 is 0 Å². The quantitative estimate of drug-likeness (QED) is 0.828. The maximum atomic E-state index is 10.6. The van der Waals surface area contributed by atoms with Gasteiger partial charge in [0.15, 0.2) is 0 Å². The summed E-state index contributed by atoms with van der Waals surface area (Å²) >= 11 is 1.85. The summed E-state index contributed by atoms with van der Waals surface area (Å²) in [6.07, 6.45) is 2.75. The number of hydrogen-bond donors (Lipinski definition) is 1. The van der Waals surface area contributed by atoms with E-state index in [1.165, 1.54) is 5.56 Å². The SMILES string of the molecule is O[C@@H]1CS[C@@]2(CCC[C@@H]2OCc2ccccc2)[C@@H]1OCc1ccccc1. The lowest BCUT2D eigenvalue weighted by Crippen LogP contribution is -2.48. The Labute approximate surface area is 159 Å². The van der Waals surface area contributed by atoms with Gasteiger partial charge in [-0.1, -0.05) is 60.7 Å². The molecule has 3 nitrogen and oxygen atoms in total. The molecule has 4 atom stereocenters. The third kappa shape index (κ3) is 3.70. The summed E-state index contributed by atoms with van der Waals surface area (Å²) < 4.78 is 12.5. The molecule has 1 heterocycles. The zero-order valence-electron chi connectivity index (χ0n) is 14.9. The Morgan fingerprint density at radius 1 is 0.923 bits per heavy atom. The molecule has 2 fully saturated rings. The molecule has 0 radical (unpaired) electrons. The van der Waals surface area contributed by atoms with Gasteiger partial charge in [0.05, 0.1) is 30.2 Å². The van der Waals surface area contributed by atoms with Crippen molar-refractivity contribution in [2.45, 2.75) is 55.5 Å². The summed E-state index contributed by atoms with van der Waals surface area (Å²) in [4.78, 5) is 0. The third-order valence-electron chi connectivity index (χ3n) is 5.50. The first-order valence-electron chi connectivity index (χ1n) is 9.41. The molecule has 26 heavy (non-hydrogen) atoms. The lowest BCUT2D eigenvalue weighted by atomic mass is 9.93. The summed E-state index contributed by atoms with van der Waals surface area (Å²) in [6, 6.07) is 20.5. The van der Waals surface area contributed by atoms with Crippen LogP contribution in [0, 0.1) is 0 Å². The second-order valence-corrected chi connectivity index (χ2v) is 8.61. The van der Waals surface area contributed by atoms with Crippen molar-refractivity contribution in [3.05, 3.63) is 71.8 Å². The Morgan fingerprint density at radius 3 is 2.19 bits per heavy atom. The number of hydrogen-bond acceptors (Lipinski definition) is 4. The van der Waals surface area contributed by atoms with Crippen molar-refractivity contribution in [2.24, 2.45) is 0 Å². The first-order chi connectivity index (χ1) is 12.8. The highest BCUT2D eigenvalue weighted by atomic mass is 32.2. The predicted molar refractivity (Wildman–Crippen MR) is 105 cm³/mol. The fourth-order valence-electron chi connectivity index (χ4n) is 4.20. The van der Waals surface area contributed by atoms with Gasteiger partial charge in [0, 0.05) is 5.75 Å². The van der Waals surface area contributed by atoms with Gasteiger partial charge in [0.2, 0.25) is 0 Å². The Hall–Kier alpha value is -1.33. The smallest absolute Gasteiger partial charge is 0.102 e. The van der Waals surface area contributed by atoms with E-state index in [9.17, 15) is 5.11 Å². The molecule has 4 heteroatoms. The van der Waals surface area contributed by atoms with E-state index in [0.717, 1.165) is 30.6 Å². The van der Waals surface area contributed by atoms with Crippen LogP contribution in [0.15, 0.2) is 60.7 Å². The van der Waals surface area contributed by atoms with Gasteiger partial charge in [0.1, 0.15) is 6.10 Å². The lowest BCUT2D eigenvalue weighted by Gasteiger charge is -2.36. The van der Waals surface area contributed by atoms with Gasteiger partial charge in [-0.05, 0) is 30.4 Å². The molecule has 2 aromatic carbocycles. The zero-order valence-corrected chi connectivity index (χ0v) is 15.7. The maximum absolute atomic E-state index is 10.6. The summed E-state index contributed by atoms with van der Waals surface area (Å²) in [5.74, 6) is 0.727. The van der Waals surface area contributed by atoms with E-state index in [-0.39, 0.29) is 17.0 Å². The highest BCUT2D eigenvalue weighted by molar-refractivity contribution is 8.01. The van der Waals surface area contributed by atoms with Crippen LogP contribution in [-0.2, 0) is 22.7 Å². The van der Waals surface area contributed by atoms with E-state index < -0.39 is 6.10 Å². The Bertz CT molecular complexity index is 693. The minimum atomic E-state index is -0.426. The molecule has 0 amide bonds. The van der Waals surface area contributed by atoms with E-state index in [2.05, 4.69) is 24.3 Å². The summed E-state index contributed by atoms with van der Waals surface area (Å²) in [6.45, 7) is 1.16. The fourth-order valence-corrected chi connectivity index (χ4v) is 5.91. The molecule has 4 rings (SSSR count). The first-order valence-corrected chi connectivity index (χ1v) is 10.4. The number of thioether (sulfide) groups is 1. The molecule has 1 spiro atoms. The van der Waals surface area contributed by atoms with E-state index in [0.29, 0.717) is 13.2 Å². The Morgan fingerprint density at radius 2 is 1.54 bits per heavy atom. The van der Waals surface area contributed by atoms with Crippen LogP contribution in [0.1, 0.15) is 30.4 Å². The molecule has 2 aromatic rings. The van der Waals surface area contributed by atoms with Crippen LogP contribution < -0.4 is 0 Å². The number of rotatable bonds is 6. The molecule has 138 valence electrons. The van der Waals surface area contributed by atoms with Crippen LogP contribution in [0.4, 0.5) is 0 Å². The van der Waals surface area contributed by atoms with Crippen LogP contribution in [0.5, 0.6) is 0 Å². The van der Waals surface area contributed by atoms with Gasteiger partial charge in [-0.2, -0.15) is 0 Å². The third-order valence-corrected chi connectivity index (χ3v) is 7.24. The van der Waals surface area contributed by atoms with Crippen molar-refractivity contribution < 1.29 is 14.6 Å². The van der Waals surface area contributed by atoms with Gasteiger partial charge in [0.25, 0.3) is 0 Å². The first kappa shape index (κ1) is 18.1. The average Bonchev–Trinajstić information content (AvgIpc) is 3.24. The largest absolute Gasteiger partial charge is 0.389 e. The monoisotopic (exact) mass is 370 g/mol. The van der Waals surface area contributed by atoms with Crippen LogP contribution in [0.25, 0.3) is 0 Å². The van der Waals surface area contributed by atoms with Crippen molar-refractivity contribution in [3.63, 3.8) is 0 Å². The number of aliphatic hydroxyl groups excluding tert-OH is 1. The van der Waals surface area contributed by atoms with Gasteiger partial charge in [-0.15, -0.1) is 11.8 Å². The number of benzene rings is 2. The second-order valence-electron chi connectivity index (χ2n) is 7.23. The molecule has 2 aliphatic rings. The highest BCUT2D eigenvalue weighted by Crippen LogP contribution is 2.52. The molecule has 1 saturated carbocycles. The predicted octanol–water partition coefficient (Wildman–Crippen LogP) is 4.19. The van der Waals surface area contributed by atoms with Gasteiger partial charge in [-0.25, -0.2) is 0 Å². The molecule has 0 unspecified atom stereocenters. The van der Waals surface area contributed by atoms with Crippen LogP contribution >= 0.6 is 11.8 Å². The molecule has 1 saturated heterocycles. The van der Waals surface area contributed by atoms with Crippen LogP contribution in [0.3, 0.4) is 0 Å². The van der Waals surface area contributed by atoms with Crippen molar-refractivity contribution >= 4 is 11.8 Å². The van der Waals surface area contributed by atoms with Gasteiger partial charge >= 0.3 is 0 Å². The van der Waals surface area contributed by atoms with Crippen molar-refractivity contribution in [1.82, 2.24) is 0 Å². The standard InChI is InChI=1S/C22H26O3S/c23-19-16-26-22(21(19)25-15-18-10-5-2-6-11-18)13-7-12-20(22)24-14-17-8-3-1-4-9-17/h1-6,8-11,19-21,23H,7,12-16H2/t19-,20+,21-,22-/m1/s1.